The third kappa shape index (κ3) is 3.17. The minimum atomic E-state index is -0.252. The highest BCUT2D eigenvalue weighted by atomic mass is 16.3. The molecule has 2 N–H and O–H groups in total. The molecule has 0 aliphatic heterocycles. The molecule has 0 saturated heterocycles. The Balaban J connectivity index is 1.59. The van der Waals surface area contributed by atoms with E-state index in [1.165, 1.54) is 0 Å². The van der Waals surface area contributed by atoms with E-state index in [0.717, 1.165) is 33.5 Å². The zero-order chi connectivity index (χ0) is 18.8. The van der Waals surface area contributed by atoms with Crippen LogP contribution in [0.15, 0.2) is 77.2 Å². The van der Waals surface area contributed by atoms with Crippen molar-refractivity contribution in [2.45, 2.75) is 6.92 Å². The van der Waals surface area contributed by atoms with Gasteiger partial charge in [-0.15, -0.1) is 0 Å². The van der Waals surface area contributed by atoms with Crippen molar-refractivity contribution in [1.82, 2.24) is 0 Å². The summed E-state index contributed by atoms with van der Waals surface area (Å²) < 4.78 is 5.82. The molecule has 0 saturated carbocycles. The standard InChI is InChI=1S/C23H20N2O2/c1-15-21-19(24-2)9-6-10-20(21)27-22(15)23(26)25-18-13-11-17(12-14-18)16-7-4-3-5-8-16/h3-14,24H,1-2H3,(H,25,26). The monoisotopic (exact) mass is 356 g/mol. The Morgan fingerprint density at radius 1 is 0.852 bits per heavy atom. The van der Waals surface area contributed by atoms with E-state index in [2.05, 4.69) is 22.8 Å². The molecular weight excluding hydrogens is 336 g/mol. The number of hydrogen-bond donors (Lipinski definition) is 2. The molecule has 0 spiro atoms. The smallest absolute Gasteiger partial charge is 0.291 e. The first-order valence-electron chi connectivity index (χ1n) is 8.84. The lowest BCUT2D eigenvalue weighted by Crippen LogP contribution is -2.12. The van der Waals surface area contributed by atoms with Crippen molar-refractivity contribution in [2.24, 2.45) is 0 Å². The van der Waals surface area contributed by atoms with Crippen LogP contribution in [-0.2, 0) is 0 Å². The summed E-state index contributed by atoms with van der Waals surface area (Å²) in [6.07, 6.45) is 0. The van der Waals surface area contributed by atoms with Crippen LogP contribution in [0.1, 0.15) is 16.1 Å². The Bertz CT molecular complexity index is 1100. The number of anilines is 2. The number of rotatable bonds is 4. The predicted octanol–water partition coefficient (Wildman–Crippen LogP) is 5.70. The Morgan fingerprint density at radius 3 is 2.26 bits per heavy atom. The predicted molar refractivity (Wildman–Crippen MR) is 110 cm³/mol. The maximum absolute atomic E-state index is 12.7. The van der Waals surface area contributed by atoms with Crippen molar-refractivity contribution < 1.29 is 9.21 Å². The van der Waals surface area contributed by atoms with E-state index in [9.17, 15) is 4.79 Å². The Labute approximate surface area is 157 Å². The van der Waals surface area contributed by atoms with Crippen LogP contribution < -0.4 is 10.6 Å². The average molecular weight is 356 g/mol. The van der Waals surface area contributed by atoms with Gasteiger partial charge in [-0.3, -0.25) is 4.79 Å². The van der Waals surface area contributed by atoms with Crippen molar-refractivity contribution in [3.05, 3.63) is 84.1 Å². The number of fused-ring (bicyclic) bond motifs is 1. The quantitative estimate of drug-likeness (QED) is 0.493. The lowest BCUT2D eigenvalue weighted by Gasteiger charge is -2.06. The van der Waals surface area contributed by atoms with Gasteiger partial charge in [0.1, 0.15) is 5.58 Å². The van der Waals surface area contributed by atoms with Gasteiger partial charge >= 0.3 is 0 Å². The molecule has 0 aliphatic carbocycles. The van der Waals surface area contributed by atoms with Crippen molar-refractivity contribution >= 4 is 28.3 Å². The summed E-state index contributed by atoms with van der Waals surface area (Å²) in [5, 5.41) is 7.00. The van der Waals surface area contributed by atoms with Crippen LogP contribution in [0.5, 0.6) is 0 Å². The van der Waals surface area contributed by atoms with Crippen LogP contribution in [0.25, 0.3) is 22.1 Å². The Morgan fingerprint density at radius 2 is 1.56 bits per heavy atom. The molecule has 0 fully saturated rings. The van der Waals surface area contributed by atoms with Crippen LogP contribution in [-0.4, -0.2) is 13.0 Å². The van der Waals surface area contributed by atoms with Gasteiger partial charge in [-0.05, 0) is 42.3 Å². The highest BCUT2D eigenvalue weighted by Crippen LogP contribution is 2.32. The zero-order valence-electron chi connectivity index (χ0n) is 15.2. The molecule has 0 bridgehead atoms. The van der Waals surface area contributed by atoms with Crippen LogP contribution in [0.2, 0.25) is 0 Å². The average Bonchev–Trinajstić information content (AvgIpc) is 3.06. The van der Waals surface area contributed by atoms with E-state index < -0.39 is 0 Å². The molecule has 4 heteroatoms. The third-order valence-corrected chi connectivity index (χ3v) is 4.68. The molecule has 0 atom stereocenters. The van der Waals surface area contributed by atoms with Gasteiger partial charge < -0.3 is 15.1 Å². The minimum Gasteiger partial charge on any atom is -0.451 e. The van der Waals surface area contributed by atoms with Gasteiger partial charge in [0, 0.05) is 29.4 Å². The molecule has 4 aromatic rings. The van der Waals surface area contributed by atoms with Gasteiger partial charge in [0.25, 0.3) is 5.91 Å². The van der Waals surface area contributed by atoms with Crippen molar-refractivity contribution in [2.75, 3.05) is 17.7 Å². The van der Waals surface area contributed by atoms with Gasteiger partial charge in [0.05, 0.1) is 0 Å². The summed E-state index contributed by atoms with van der Waals surface area (Å²) in [6, 6.07) is 23.7. The van der Waals surface area contributed by atoms with E-state index in [0.29, 0.717) is 11.3 Å². The third-order valence-electron chi connectivity index (χ3n) is 4.68. The summed E-state index contributed by atoms with van der Waals surface area (Å²) in [7, 11) is 1.86. The van der Waals surface area contributed by atoms with Crippen molar-refractivity contribution in [3.8, 4) is 11.1 Å². The highest BCUT2D eigenvalue weighted by molar-refractivity contribution is 6.08. The second-order valence-corrected chi connectivity index (χ2v) is 6.38. The first-order valence-corrected chi connectivity index (χ1v) is 8.84. The van der Waals surface area contributed by atoms with Gasteiger partial charge in [-0.1, -0.05) is 48.5 Å². The molecule has 4 rings (SSSR count). The summed E-state index contributed by atoms with van der Waals surface area (Å²) >= 11 is 0. The fraction of sp³-hybridized carbons (Fsp3) is 0.0870. The van der Waals surface area contributed by atoms with E-state index in [4.69, 9.17) is 4.42 Å². The number of nitrogens with one attached hydrogen (secondary N) is 2. The first kappa shape index (κ1) is 16.9. The molecule has 1 heterocycles. The zero-order valence-corrected chi connectivity index (χ0v) is 15.2. The number of hydrogen-bond acceptors (Lipinski definition) is 3. The number of carbonyl (C=O) groups is 1. The molecule has 134 valence electrons. The Kier molecular flexibility index (Phi) is 4.38. The fourth-order valence-corrected chi connectivity index (χ4v) is 3.29. The van der Waals surface area contributed by atoms with Crippen LogP contribution in [0.3, 0.4) is 0 Å². The summed E-state index contributed by atoms with van der Waals surface area (Å²) in [4.78, 5) is 12.7. The summed E-state index contributed by atoms with van der Waals surface area (Å²) in [6.45, 7) is 1.90. The molecule has 27 heavy (non-hydrogen) atoms. The van der Waals surface area contributed by atoms with E-state index in [-0.39, 0.29) is 5.91 Å². The maximum Gasteiger partial charge on any atom is 0.291 e. The Hall–Kier alpha value is -3.53. The molecule has 3 aromatic carbocycles. The normalized spacial score (nSPS) is 10.7. The van der Waals surface area contributed by atoms with Crippen LogP contribution in [0.4, 0.5) is 11.4 Å². The molecule has 1 amide bonds. The topological polar surface area (TPSA) is 54.3 Å². The largest absolute Gasteiger partial charge is 0.451 e. The summed E-state index contributed by atoms with van der Waals surface area (Å²) in [5.74, 6) is 0.0815. The summed E-state index contributed by atoms with van der Waals surface area (Å²) in [5.41, 5.74) is 5.45. The second-order valence-electron chi connectivity index (χ2n) is 6.38. The van der Waals surface area contributed by atoms with Gasteiger partial charge in [0.2, 0.25) is 0 Å². The van der Waals surface area contributed by atoms with Crippen molar-refractivity contribution in [3.63, 3.8) is 0 Å². The number of amides is 1. The lowest BCUT2D eigenvalue weighted by molar-refractivity contribution is 0.0998. The van der Waals surface area contributed by atoms with Gasteiger partial charge in [0.15, 0.2) is 5.76 Å². The number of benzene rings is 3. The molecule has 0 radical (unpaired) electrons. The second kappa shape index (κ2) is 7.00. The van der Waals surface area contributed by atoms with Gasteiger partial charge in [-0.2, -0.15) is 0 Å². The number of aryl methyl sites for hydroxylation is 1. The van der Waals surface area contributed by atoms with Crippen LogP contribution in [0, 0.1) is 6.92 Å². The molecule has 0 unspecified atom stereocenters. The molecular formula is C23H20N2O2. The molecule has 4 nitrogen and oxygen atoms in total. The highest BCUT2D eigenvalue weighted by Gasteiger charge is 2.19. The SMILES string of the molecule is CNc1cccc2oc(C(=O)Nc3ccc(-c4ccccc4)cc3)c(C)c12. The fourth-order valence-electron chi connectivity index (χ4n) is 3.29. The number of furan rings is 1. The molecule has 0 aliphatic rings. The van der Waals surface area contributed by atoms with Crippen molar-refractivity contribution in [1.29, 1.82) is 0 Å². The minimum absolute atomic E-state index is 0.252. The lowest BCUT2D eigenvalue weighted by atomic mass is 10.1. The number of carbonyl (C=O) groups excluding carboxylic acids is 1. The van der Waals surface area contributed by atoms with E-state index in [1.54, 1.807) is 0 Å². The maximum atomic E-state index is 12.7. The first-order chi connectivity index (χ1) is 13.2. The van der Waals surface area contributed by atoms with E-state index in [1.807, 2.05) is 74.6 Å². The van der Waals surface area contributed by atoms with Gasteiger partial charge in [-0.25, -0.2) is 0 Å². The molecule has 1 aromatic heterocycles. The van der Waals surface area contributed by atoms with E-state index >= 15 is 0 Å². The van der Waals surface area contributed by atoms with Crippen LogP contribution >= 0.6 is 0 Å².